The first-order valence-electron chi connectivity index (χ1n) is 18.0. The summed E-state index contributed by atoms with van der Waals surface area (Å²) in [5, 5.41) is 4.29. The van der Waals surface area contributed by atoms with Crippen LogP contribution in [0, 0.1) is 20.8 Å². The fraction of sp³-hybridized carbons (Fsp3) is 0.196. The number of benzene rings is 4. The fourth-order valence-corrected chi connectivity index (χ4v) is 10.3. The van der Waals surface area contributed by atoms with E-state index in [0.717, 1.165) is 35.9 Å². The zero-order chi connectivity index (χ0) is 36.1. The van der Waals surface area contributed by atoms with Crippen LogP contribution in [0.15, 0.2) is 112 Å². The van der Waals surface area contributed by atoms with Gasteiger partial charge >= 0.3 is 37.9 Å². The number of rotatable bonds is 6. The van der Waals surface area contributed by atoms with Crippen molar-refractivity contribution in [2.75, 3.05) is 0 Å². The maximum atomic E-state index is 6.66. The van der Waals surface area contributed by atoms with Crippen LogP contribution < -0.4 is 5.19 Å². The number of aryl methyl sites for hydroxylation is 4. The molecule has 2 aliphatic carbocycles. The predicted octanol–water partition coefficient (Wildman–Crippen LogP) is 13.2. The summed E-state index contributed by atoms with van der Waals surface area (Å²) in [7, 11) is 8.90. The van der Waals surface area contributed by atoms with E-state index in [-0.39, 0.29) is 5.92 Å². The zero-order valence-electron chi connectivity index (χ0n) is 30.2. The number of furan rings is 2. The van der Waals surface area contributed by atoms with Gasteiger partial charge in [0.1, 0.15) is 11.5 Å². The molecule has 259 valence electrons. The van der Waals surface area contributed by atoms with E-state index in [9.17, 15) is 0 Å². The first kappa shape index (κ1) is 35.5. The Balaban J connectivity index is 0.00000125. The van der Waals surface area contributed by atoms with Gasteiger partial charge in [-0.15, -0.1) is 22.0 Å². The molecule has 1 atom stereocenters. The topological polar surface area (TPSA) is 26.3 Å². The standard InChI is InChI=1S/C46H40O2Si.2ClH.Zr/c1-27-19-22-34-35(40(27)30-13-8-6-9-14-30)26-36(38-23-20-28(2)47-38)42(34)43-37-25-32-17-12-18-33(32)41(31-15-10-7-11-16-31)44(37)46(49(4)5)45(43)39-24-21-29(3)48-39;;;/h6-11,13-16,19-26,42H,12,17-18H2,1-5H3;2*1H;/q-1;;;+2/p-2. The SMILES string of the molecule is Cc1ccc(C2=Cc3c(ccc(C)c3-c3ccccc3)C2[c-]2c(-c3ccc(C)o3)c([Si](C)C)c3c(-c4ccccc4)c4c(cc32)CCC4)o1.[Cl][Zr][Cl]. The Morgan fingerprint density at radius 3 is 1.94 bits per heavy atom. The molecule has 0 saturated carbocycles. The van der Waals surface area contributed by atoms with E-state index in [1.54, 1.807) is 0 Å². The molecule has 0 aliphatic heterocycles. The Labute approximate surface area is 327 Å². The summed E-state index contributed by atoms with van der Waals surface area (Å²) in [6, 6.07) is 37.9. The molecular weight excluding hydrogens is 775 g/mol. The molecule has 5 aromatic carbocycles. The van der Waals surface area contributed by atoms with Crippen LogP contribution in [0.4, 0.5) is 0 Å². The average Bonchev–Trinajstić information content (AvgIpc) is 3.98. The molecular formula is C46H40Cl2O2SiZr-. The van der Waals surface area contributed by atoms with Gasteiger partial charge < -0.3 is 8.83 Å². The van der Waals surface area contributed by atoms with Gasteiger partial charge in [0, 0.05) is 20.3 Å². The summed E-state index contributed by atoms with van der Waals surface area (Å²) in [6.07, 6.45) is 5.88. The van der Waals surface area contributed by atoms with Gasteiger partial charge in [0.15, 0.2) is 0 Å². The molecule has 0 N–H and O–H groups in total. The third-order valence-electron chi connectivity index (χ3n) is 10.8. The molecule has 9 rings (SSSR count). The molecule has 0 fully saturated rings. The van der Waals surface area contributed by atoms with Gasteiger partial charge in [0.05, 0.1) is 11.5 Å². The Kier molecular flexibility index (Phi) is 10.0. The first-order chi connectivity index (χ1) is 25.3. The number of allylic oxidation sites excluding steroid dienone is 1. The van der Waals surface area contributed by atoms with E-state index in [2.05, 4.69) is 136 Å². The molecule has 0 amide bonds. The van der Waals surface area contributed by atoms with Gasteiger partial charge in [0.2, 0.25) is 0 Å². The summed E-state index contributed by atoms with van der Waals surface area (Å²) < 4.78 is 13.2. The maximum absolute atomic E-state index is 6.66. The Bertz CT molecular complexity index is 2450. The molecule has 0 saturated heterocycles. The van der Waals surface area contributed by atoms with E-state index in [1.165, 1.54) is 89.2 Å². The van der Waals surface area contributed by atoms with Crippen LogP contribution in [0.3, 0.4) is 0 Å². The Morgan fingerprint density at radius 2 is 1.35 bits per heavy atom. The molecule has 2 heterocycles. The predicted molar refractivity (Wildman–Crippen MR) is 218 cm³/mol. The van der Waals surface area contributed by atoms with Crippen molar-refractivity contribution in [1.29, 1.82) is 0 Å². The average molecular weight is 815 g/mol. The van der Waals surface area contributed by atoms with E-state index < -0.39 is 29.6 Å². The second-order valence-corrected chi connectivity index (χ2v) is 20.5. The number of fused-ring (bicyclic) bond motifs is 3. The van der Waals surface area contributed by atoms with Crippen molar-refractivity contribution in [1.82, 2.24) is 0 Å². The van der Waals surface area contributed by atoms with E-state index >= 15 is 0 Å². The summed E-state index contributed by atoms with van der Waals surface area (Å²) in [4.78, 5) is 0. The van der Waals surface area contributed by atoms with Gasteiger partial charge in [0.25, 0.3) is 0 Å². The van der Waals surface area contributed by atoms with Crippen LogP contribution in [0.1, 0.15) is 63.0 Å². The molecule has 1 unspecified atom stereocenters. The summed E-state index contributed by atoms with van der Waals surface area (Å²) in [5.41, 5.74) is 16.1. The van der Waals surface area contributed by atoms with Gasteiger partial charge in [-0.3, -0.25) is 0 Å². The molecule has 0 spiro atoms. The van der Waals surface area contributed by atoms with Crippen molar-refractivity contribution in [2.24, 2.45) is 0 Å². The fourth-order valence-electron chi connectivity index (χ4n) is 8.82. The molecule has 0 bridgehead atoms. The number of halogens is 2. The van der Waals surface area contributed by atoms with Gasteiger partial charge in [-0.2, -0.15) is 0 Å². The molecule has 2 nitrogen and oxygen atoms in total. The third-order valence-corrected chi connectivity index (χ3v) is 12.3. The van der Waals surface area contributed by atoms with Crippen LogP contribution in [-0.2, 0) is 33.7 Å². The molecule has 6 heteroatoms. The molecule has 2 aromatic heterocycles. The van der Waals surface area contributed by atoms with Crippen molar-refractivity contribution in [3.05, 3.63) is 154 Å². The van der Waals surface area contributed by atoms with Gasteiger partial charge in [-0.25, -0.2) is 0 Å². The molecule has 2 aliphatic rings. The first-order valence-corrected chi connectivity index (χ1v) is 26.8. The van der Waals surface area contributed by atoms with Crippen molar-refractivity contribution in [3.63, 3.8) is 0 Å². The second-order valence-electron chi connectivity index (χ2n) is 14.2. The third kappa shape index (κ3) is 6.10. The second kappa shape index (κ2) is 14.7. The summed E-state index contributed by atoms with van der Waals surface area (Å²) >= 11 is -0.826. The van der Waals surface area contributed by atoms with Gasteiger partial charge in [-0.1, -0.05) is 108 Å². The molecule has 1 radical (unpaired) electrons. The van der Waals surface area contributed by atoms with Crippen molar-refractivity contribution < 1.29 is 29.7 Å². The van der Waals surface area contributed by atoms with Crippen LogP contribution in [0.25, 0.3) is 56.0 Å². The number of hydrogen-bond donors (Lipinski definition) is 0. The van der Waals surface area contributed by atoms with Crippen molar-refractivity contribution >= 4 is 53.4 Å². The van der Waals surface area contributed by atoms with Crippen LogP contribution in [0.2, 0.25) is 13.1 Å². The van der Waals surface area contributed by atoms with E-state index in [0.29, 0.717) is 0 Å². The summed E-state index contributed by atoms with van der Waals surface area (Å²) in [5.74, 6) is 3.76. The quantitative estimate of drug-likeness (QED) is 0.123. The van der Waals surface area contributed by atoms with E-state index in [4.69, 9.17) is 25.9 Å². The zero-order valence-corrected chi connectivity index (χ0v) is 35.1. The Morgan fingerprint density at radius 1 is 0.731 bits per heavy atom. The van der Waals surface area contributed by atoms with E-state index in [1.807, 2.05) is 6.92 Å². The van der Waals surface area contributed by atoms with Crippen LogP contribution in [0.5, 0.6) is 0 Å². The monoisotopic (exact) mass is 812 g/mol. The molecule has 52 heavy (non-hydrogen) atoms. The normalized spacial score (nSPS) is 14.7. The summed E-state index contributed by atoms with van der Waals surface area (Å²) in [6.45, 7) is 11.3. The van der Waals surface area contributed by atoms with Crippen molar-refractivity contribution in [3.8, 4) is 33.6 Å². The minimum absolute atomic E-state index is 0.0234. The van der Waals surface area contributed by atoms with Crippen LogP contribution >= 0.6 is 17.0 Å². The van der Waals surface area contributed by atoms with Crippen LogP contribution in [-0.4, -0.2) is 8.80 Å². The van der Waals surface area contributed by atoms with Crippen molar-refractivity contribution in [2.45, 2.75) is 59.0 Å². The number of hydrogen-bond acceptors (Lipinski definition) is 2. The Hall–Kier alpha value is -3.53. The molecule has 7 aromatic rings. The van der Waals surface area contributed by atoms with Gasteiger partial charge in [-0.05, 0) is 109 Å². The minimum atomic E-state index is -0.973.